The molecule has 22 heavy (non-hydrogen) atoms. The van der Waals surface area contributed by atoms with Crippen LogP contribution in [0.5, 0.6) is 5.75 Å². The average molecular weight is 291 g/mol. The Morgan fingerprint density at radius 3 is 2.73 bits per heavy atom. The number of benzene rings is 2. The summed E-state index contributed by atoms with van der Waals surface area (Å²) >= 11 is 0. The third kappa shape index (κ3) is 2.81. The number of hydrogen-bond donors (Lipinski definition) is 1. The molecule has 0 aliphatic carbocycles. The van der Waals surface area contributed by atoms with Gasteiger partial charge in [-0.05, 0) is 22.9 Å². The van der Waals surface area contributed by atoms with Gasteiger partial charge in [0, 0.05) is 23.5 Å². The minimum Gasteiger partial charge on any atom is -0.478 e. The van der Waals surface area contributed by atoms with Crippen LogP contribution >= 0.6 is 0 Å². The highest BCUT2D eigenvalue weighted by Gasteiger charge is 2.10. The molecule has 0 saturated heterocycles. The number of ether oxygens (including phenoxy) is 1. The number of aromatic nitrogens is 1. The maximum atomic E-state index is 10.6. The van der Waals surface area contributed by atoms with E-state index >= 15 is 0 Å². The van der Waals surface area contributed by atoms with E-state index in [4.69, 9.17) is 9.84 Å². The van der Waals surface area contributed by atoms with Gasteiger partial charge in [-0.15, -0.1) is 0 Å². The molecule has 4 nitrogen and oxygen atoms in total. The third-order valence-corrected chi connectivity index (χ3v) is 3.25. The van der Waals surface area contributed by atoms with Crippen LogP contribution in [0.3, 0.4) is 0 Å². The molecule has 0 spiro atoms. The van der Waals surface area contributed by atoms with Crippen molar-refractivity contribution in [2.75, 3.05) is 0 Å². The van der Waals surface area contributed by atoms with Crippen LogP contribution in [0.4, 0.5) is 0 Å². The zero-order chi connectivity index (χ0) is 15.4. The van der Waals surface area contributed by atoms with Crippen LogP contribution in [0.2, 0.25) is 0 Å². The lowest BCUT2D eigenvalue weighted by atomic mass is 9.98. The number of fused-ring (bicyclic) bond motifs is 1. The predicted molar refractivity (Wildman–Crippen MR) is 84.6 cm³/mol. The van der Waals surface area contributed by atoms with Crippen LogP contribution in [-0.2, 0) is 4.79 Å². The van der Waals surface area contributed by atoms with E-state index in [0.717, 1.165) is 28.0 Å². The first-order valence-electron chi connectivity index (χ1n) is 6.74. The Balaban J connectivity index is 2.17. The van der Waals surface area contributed by atoms with Crippen molar-refractivity contribution in [1.29, 1.82) is 0 Å². The molecule has 1 N–H and O–H groups in total. The van der Waals surface area contributed by atoms with E-state index in [0.29, 0.717) is 5.75 Å². The number of carboxylic acid groups (broad SMARTS) is 1. The normalized spacial score (nSPS) is 10.9. The smallest absolute Gasteiger partial charge is 0.331 e. The van der Waals surface area contributed by atoms with Crippen molar-refractivity contribution in [3.8, 4) is 16.9 Å². The Labute approximate surface area is 127 Å². The Morgan fingerprint density at radius 1 is 1.09 bits per heavy atom. The van der Waals surface area contributed by atoms with Crippen molar-refractivity contribution < 1.29 is 14.6 Å². The van der Waals surface area contributed by atoms with E-state index in [9.17, 15) is 4.79 Å². The second-order valence-corrected chi connectivity index (χ2v) is 4.66. The number of pyridine rings is 1. The van der Waals surface area contributed by atoms with E-state index < -0.39 is 5.97 Å². The van der Waals surface area contributed by atoms with Gasteiger partial charge in [0.15, 0.2) is 0 Å². The lowest BCUT2D eigenvalue weighted by Crippen LogP contribution is -1.92. The van der Waals surface area contributed by atoms with Gasteiger partial charge in [0.2, 0.25) is 0 Å². The molecule has 0 saturated carbocycles. The fourth-order valence-electron chi connectivity index (χ4n) is 2.32. The second kappa shape index (κ2) is 6.10. The lowest BCUT2D eigenvalue weighted by molar-refractivity contribution is -0.131. The quantitative estimate of drug-likeness (QED) is 0.585. The summed E-state index contributed by atoms with van der Waals surface area (Å²) < 4.78 is 5.52. The Morgan fingerprint density at radius 2 is 1.95 bits per heavy atom. The number of carbonyl (C=O) groups is 1. The topological polar surface area (TPSA) is 59.4 Å². The van der Waals surface area contributed by atoms with Crippen LogP contribution < -0.4 is 4.74 Å². The summed E-state index contributed by atoms with van der Waals surface area (Å²) in [5.41, 5.74) is 1.80. The van der Waals surface area contributed by atoms with Crippen LogP contribution in [0, 0.1) is 0 Å². The molecule has 2 aromatic carbocycles. The molecular formula is C18H13NO3. The number of rotatable bonds is 4. The van der Waals surface area contributed by atoms with Crippen molar-refractivity contribution in [1.82, 2.24) is 4.98 Å². The number of aliphatic carboxylic acids is 1. The van der Waals surface area contributed by atoms with Gasteiger partial charge in [-0.25, -0.2) is 4.79 Å². The van der Waals surface area contributed by atoms with Gasteiger partial charge in [-0.1, -0.05) is 36.4 Å². The summed E-state index contributed by atoms with van der Waals surface area (Å²) in [6, 6.07) is 15.5. The minimum atomic E-state index is -1.05. The van der Waals surface area contributed by atoms with Crippen molar-refractivity contribution in [3.63, 3.8) is 0 Å². The fraction of sp³-hybridized carbons (Fsp3) is 0. The summed E-state index contributed by atoms with van der Waals surface area (Å²) in [4.78, 5) is 14.7. The molecule has 4 heteroatoms. The van der Waals surface area contributed by atoms with Gasteiger partial charge >= 0.3 is 5.97 Å². The predicted octanol–water partition coefficient (Wildman–Crippen LogP) is 3.88. The van der Waals surface area contributed by atoms with E-state index in [1.807, 2.05) is 48.5 Å². The summed E-state index contributed by atoms with van der Waals surface area (Å²) in [6.07, 6.45) is 5.60. The molecule has 0 radical (unpaired) electrons. The van der Waals surface area contributed by atoms with E-state index in [-0.39, 0.29) is 0 Å². The van der Waals surface area contributed by atoms with Crippen LogP contribution in [0.1, 0.15) is 0 Å². The standard InChI is InChI=1S/C18H13NO3/c20-17(21)9-11-22-16-8-7-13-4-1-2-6-15(13)18(16)14-5-3-10-19-12-14/h1-12H,(H,20,21)/b11-9-. The average Bonchev–Trinajstić information content (AvgIpc) is 2.55. The molecule has 3 rings (SSSR count). The SMILES string of the molecule is O=C(O)/C=C\Oc1ccc2ccccc2c1-c1cccnc1. The lowest BCUT2D eigenvalue weighted by Gasteiger charge is -2.12. The van der Waals surface area contributed by atoms with Crippen LogP contribution in [0.25, 0.3) is 21.9 Å². The highest BCUT2D eigenvalue weighted by Crippen LogP contribution is 2.36. The van der Waals surface area contributed by atoms with Crippen molar-refractivity contribution in [3.05, 3.63) is 73.3 Å². The summed E-state index contributed by atoms with van der Waals surface area (Å²) in [5.74, 6) is -0.465. The molecule has 0 amide bonds. The van der Waals surface area contributed by atoms with Gasteiger partial charge in [0.05, 0.1) is 12.3 Å². The van der Waals surface area contributed by atoms with Gasteiger partial charge in [0.1, 0.15) is 5.75 Å². The van der Waals surface area contributed by atoms with Crippen molar-refractivity contribution >= 4 is 16.7 Å². The molecule has 1 aromatic heterocycles. The van der Waals surface area contributed by atoms with E-state index in [2.05, 4.69) is 4.98 Å². The highest BCUT2D eigenvalue weighted by atomic mass is 16.5. The van der Waals surface area contributed by atoms with Gasteiger partial charge in [-0.2, -0.15) is 0 Å². The molecule has 3 aromatic rings. The zero-order valence-electron chi connectivity index (χ0n) is 11.6. The molecule has 0 aliphatic rings. The maximum Gasteiger partial charge on any atom is 0.331 e. The van der Waals surface area contributed by atoms with E-state index in [1.54, 1.807) is 12.4 Å². The second-order valence-electron chi connectivity index (χ2n) is 4.66. The van der Waals surface area contributed by atoms with E-state index in [1.165, 1.54) is 6.26 Å². The van der Waals surface area contributed by atoms with Crippen molar-refractivity contribution in [2.45, 2.75) is 0 Å². The minimum absolute atomic E-state index is 0.587. The van der Waals surface area contributed by atoms with Gasteiger partial charge in [0.25, 0.3) is 0 Å². The molecule has 108 valence electrons. The zero-order valence-corrected chi connectivity index (χ0v) is 11.6. The molecule has 0 fully saturated rings. The molecule has 1 heterocycles. The van der Waals surface area contributed by atoms with Gasteiger partial charge in [-0.3, -0.25) is 4.98 Å². The van der Waals surface area contributed by atoms with Crippen LogP contribution in [0.15, 0.2) is 73.3 Å². The molecule has 0 unspecified atom stereocenters. The number of nitrogens with zero attached hydrogens (tertiary/aromatic N) is 1. The summed E-state index contributed by atoms with van der Waals surface area (Å²) in [5, 5.41) is 10.8. The molecule has 0 atom stereocenters. The monoisotopic (exact) mass is 291 g/mol. The van der Waals surface area contributed by atoms with Crippen LogP contribution in [-0.4, -0.2) is 16.1 Å². The largest absolute Gasteiger partial charge is 0.478 e. The first-order chi connectivity index (χ1) is 10.8. The first kappa shape index (κ1) is 13.8. The summed E-state index contributed by atoms with van der Waals surface area (Å²) in [7, 11) is 0. The third-order valence-electron chi connectivity index (χ3n) is 3.25. The number of carboxylic acids is 1. The molecule has 0 aliphatic heterocycles. The Bertz CT molecular complexity index is 841. The molecule has 0 bridgehead atoms. The van der Waals surface area contributed by atoms with Crippen molar-refractivity contribution in [2.24, 2.45) is 0 Å². The summed E-state index contributed by atoms with van der Waals surface area (Å²) in [6.45, 7) is 0. The fourth-order valence-corrected chi connectivity index (χ4v) is 2.32. The Hall–Kier alpha value is -3.14. The first-order valence-corrected chi connectivity index (χ1v) is 6.74. The molecular weight excluding hydrogens is 278 g/mol. The number of hydrogen-bond acceptors (Lipinski definition) is 3. The Kier molecular flexibility index (Phi) is 3.83. The highest BCUT2D eigenvalue weighted by molar-refractivity contribution is 5.99. The maximum absolute atomic E-state index is 10.6. The van der Waals surface area contributed by atoms with Gasteiger partial charge < -0.3 is 9.84 Å².